The number of amides is 1. The van der Waals surface area contributed by atoms with E-state index in [-0.39, 0.29) is 17.3 Å². The van der Waals surface area contributed by atoms with E-state index in [0.29, 0.717) is 25.7 Å². The number of alkyl halides is 3. The Morgan fingerprint density at radius 3 is 2.35 bits per heavy atom. The number of ether oxygens (including phenoxy) is 1. The third-order valence-corrected chi connectivity index (χ3v) is 4.29. The van der Waals surface area contributed by atoms with Crippen LogP contribution in [-0.2, 0) is 9.59 Å². The summed E-state index contributed by atoms with van der Waals surface area (Å²) in [5.74, 6) is -3.03. The quantitative estimate of drug-likeness (QED) is 0.735. The van der Waals surface area contributed by atoms with Gasteiger partial charge >= 0.3 is 12.1 Å². The van der Waals surface area contributed by atoms with E-state index in [4.69, 9.17) is 9.84 Å². The van der Waals surface area contributed by atoms with Gasteiger partial charge in [-0.15, -0.1) is 0 Å². The van der Waals surface area contributed by atoms with Crippen LogP contribution in [0.4, 0.5) is 23.2 Å². The third kappa shape index (κ3) is 5.89. The van der Waals surface area contributed by atoms with Gasteiger partial charge in [0, 0.05) is 12.0 Å². The maximum atomic E-state index is 13.3. The van der Waals surface area contributed by atoms with Crippen molar-refractivity contribution in [3.8, 4) is 5.75 Å². The number of hydrogen-bond donors (Lipinski definition) is 2. The standard InChI is InChI=1S/C17H19F4NO4/c18-12-5-6-13(14(9-12)26-8-7-17(19,20)21)22-15(23)10-1-3-11(4-2-10)16(24)25/h5-6,9-11H,1-4,7-8H2,(H,22,23)(H,24,25). The van der Waals surface area contributed by atoms with Crippen molar-refractivity contribution in [2.45, 2.75) is 38.3 Å². The first kappa shape index (κ1) is 20.0. The molecule has 0 atom stereocenters. The largest absolute Gasteiger partial charge is 0.491 e. The Labute approximate surface area is 147 Å². The molecule has 0 radical (unpaired) electrons. The molecule has 2 N–H and O–H groups in total. The molecule has 1 aromatic carbocycles. The van der Waals surface area contributed by atoms with Crippen LogP contribution in [-0.4, -0.2) is 29.8 Å². The Morgan fingerprint density at radius 1 is 1.15 bits per heavy atom. The zero-order valence-corrected chi connectivity index (χ0v) is 13.8. The molecule has 5 nitrogen and oxygen atoms in total. The highest BCUT2D eigenvalue weighted by atomic mass is 19.4. The lowest BCUT2D eigenvalue weighted by Gasteiger charge is -2.25. The second-order valence-corrected chi connectivity index (χ2v) is 6.23. The first-order valence-corrected chi connectivity index (χ1v) is 8.18. The first-order chi connectivity index (χ1) is 12.2. The molecule has 1 aliphatic rings. The second kappa shape index (κ2) is 8.37. The summed E-state index contributed by atoms with van der Waals surface area (Å²) in [4.78, 5) is 23.3. The number of benzene rings is 1. The molecule has 0 saturated heterocycles. The number of nitrogens with one attached hydrogen (secondary N) is 1. The van der Waals surface area contributed by atoms with Crippen LogP contribution in [0.25, 0.3) is 0 Å². The molecule has 9 heteroatoms. The van der Waals surface area contributed by atoms with Gasteiger partial charge in [-0.05, 0) is 37.8 Å². The van der Waals surface area contributed by atoms with E-state index >= 15 is 0 Å². The number of carboxylic acids is 1. The first-order valence-electron chi connectivity index (χ1n) is 8.18. The van der Waals surface area contributed by atoms with Crippen LogP contribution in [0.2, 0.25) is 0 Å². The van der Waals surface area contributed by atoms with Crippen molar-refractivity contribution in [2.75, 3.05) is 11.9 Å². The van der Waals surface area contributed by atoms with E-state index < -0.39 is 42.8 Å². The van der Waals surface area contributed by atoms with Gasteiger partial charge in [0.1, 0.15) is 11.6 Å². The Bertz CT molecular complexity index is 655. The number of carbonyl (C=O) groups excluding carboxylic acids is 1. The van der Waals surface area contributed by atoms with E-state index in [0.717, 1.165) is 12.1 Å². The molecular weight excluding hydrogens is 358 g/mol. The van der Waals surface area contributed by atoms with Crippen LogP contribution in [0, 0.1) is 17.7 Å². The van der Waals surface area contributed by atoms with Gasteiger partial charge in [-0.3, -0.25) is 9.59 Å². The van der Waals surface area contributed by atoms with Crippen LogP contribution in [0.3, 0.4) is 0 Å². The number of carboxylic acid groups (broad SMARTS) is 1. The van der Waals surface area contributed by atoms with Gasteiger partial charge < -0.3 is 15.2 Å². The Morgan fingerprint density at radius 2 is 1.77 bits per heavy atom. The molecule has 2 rings (SSSR count). The molecule has 1 amide bonds. The molecule has 1 fully saturated rings. The van der Waals surface area contributed by atoms with Crippen LogP contribution >= 0.6 is 0 Å². The van der Waals surface area contributed by atoms with E-state index in [1.54, 1.807) is 0 Å². The van der Waals surface area contributed by atoms with Gasteiger partial charge in [0.25, 0.3) is 0 Å². The fourth-order valence-electron chi connectivity index (χ4n) is 2.83. The van der Waals surface area contributed by atoms with Crippen LogP contribution in [0.15, 0.2) is 18.2 Å². The molecule has 26 heavy (non-hydrogen) atoms. The van der Waals surface area contributed by atoms with Crippen LogP contribution in [0.1, 0.15) is 32.1 Å². The highest BCUT2D eigenvalue weighted by Crippen LogP contribution is 2.32. The van der Waals surface area contributed by atoms with Gasteiger partial charge in [0.05, 0.1) is 24.6 Å². The predicted octanol–water partition coefficient (Wildman–Crippen LogP) is 3.99. The minimum Gasteiger partial charge on any atom is -0.491 e. The van der Waals surface area contributed by atoms with Gasteiger partial charge in [-0.1, -0.05) is 0 Å². The van der Waals surface area contributed by atoms with E-state index in [1.165, 1.54) is 6.07 Å². The number of anilines is 1. The van der Waals surface area contributed by atoms with Gasteiger partial charge in [0.15, 0.2) is 0 Å². The minimum absolute atomic E-state index is 0.0823. The van der Waals surface area contributed by atoms with Crippen molar-refractivity contribution in [1.29, 1.82) is 0 Å². The topological polar surface area (TPSA) is 75.6 Å². The fourth-order valence-corrected chi connectivity index (χ4v) is 2.83. The maximum absolute atomic E-state index is 13.3. The summed E-state index contributed by atoms with van der Waals surface area (Å²) in [5, 5.41) is 11.5. The summed E-state index contributed by atoms with van der Waals surface area (Å²) in [6, 6.07) is 3.19. The van der Waals surface area contributed by atoms with Gasteiger partial charge in [0.2, 0.25) is 5.91 Å². The van der Waals surface area contributed by atoms with Crippen molar-refractivity contribution in [3.05, 3.63) is 24.0 Å². The maximum Gasteiger partial charge on any atom is 0.392 e. The average Bonchev–Trinajstić information content (AvgIpc) is 2.56. The third-order valence-electron chi connectivity index (χ3n) is 4.29. The minimum atomic E-state index is -4.40. The van der Waals surface area contributed by atoms with Crippen LogP contribution < -0.4 is 10.1 Å². The van der Waals surface area contributed by atoms with Gasteiger partial charge in [-0.25, -0.2) is 4.39 Å². The smallest absolute Gasteiger partial charge is 0.392 e. The van der Waals surface area contributed by atoms with Crippen molar-refractivity contribution >= 4 is 17.6 Å². The summed E-state index contributed by atoms with van der Waals surface area (Å²) < 4.78 is 55.0. The monoisotopic (exact) mass is 377 g/mol. The Balaban J connectivity index is 1.97. The SMILES string of the molecule is O=C(O)C1CCC(C(=O)Nc2ccc(F)cc2OCCC(F)(F)F)CC1. The lowest BCUT2D eigenvalue weighted by molar-refractivity contribution is -0.143. The average molecular weight is 377 g/mol. The molecular formula is C17H19F4NO4. The molecule has 0 aliphatic heterocycles. The lowest BCUT2D eigenvalue weighted by atomic mass is 9.81. The Hall–Kier alpha value is -2.32. The van der Waals surface area contributed by atoms with E-state index in [9.17, 15) is 27.2 Å². The molecule has 0 spiro atoms. The van der Waals surface area contributed by atoms with Crippen molar-refractivity contribution in [2.24, 2.45) is 11.8 Å². The number of hydrogen-bond acceptors (Lipinski definition) is 3. The summed E-state index contributed by atoms with van der Waals surface area (Å²) in [7, 11) is 0. The van der Waals surface area contributed by atoms with Crippen molar-refractivity contribution < 1.29 is 37.0 Å². The molecule has 1 aliphatic carbocycles. The lowest BCUT2D eigenvalue weighted by Crippen LogP contribution is -2.29. The highest BCUT2D eigenvalue weighted by molar-refractivity contribution is 5.94. The summed E-state index contributed by atoms with van der Waals surface area (Å²) in [5.41, 5.74) is 0.0823. The predicted molar refractivity (Wildman–Crippen MR) is 84.3 cm³/mol. The van der Waals surface area contributed by atoms with Crippen LogP contribution in [0.5, 0.6) is 5.75 Å². The summed E-state index contributed by atoms with van der Waals surface area (Å²) >= 11 is 0. The highest BCUT2D eigenvalue weighted by Gasteiger charge is 2.30. The van der Waals surface area contributed by atoms with E-state index in [2.05, 4.69) is 5.32 Å². The molecule has 144 valence electrons. The molecule has 0 bridgehead atoms. The Kier molecular flexibility index (Phi) is 6.44. The number of carbonyl (C=O) groups is 2. The summed E-state index contributed by atoms with van der Waals surface area (Å²) in [6.07, 6.45) is -4.05. The van der Waals surface area contributed by atoms with Crippen molar-refractivity contribution in [1.82, 2.24) is 0 Å². The van der Waals surface area contributed by atoms with E-state index in [1.807, 2.05) is 0 Å². The molecule has 0 unspecified atom stereocenters. The number of halogens is 4. The zero-order chi connectivity index (χ0) is 19.3. The number of aliphatic carboxylic acids is 1. The molecule has 1 saturated carbocycles. The number of rotatable bonds is 6. The molecule has 0 aromatic heterocycles. The van der Waals surface area contributed by atoms with Crippen molar-refractivity contribution in [3.63, 3.8) is 0 Å². The normalized spacial score (nSPS) is 20.5. The molecule has 0 heterocycles. The zero-order valence-electron chi connectivity index (χ0n) is 13.8. The summed E-state index contributed by atoms with van der Waals surface area (Å²) in [6.45, 7) is -0.695. The fraction of sp³-hybridized carbons (Fsp3) is 0.529. The molecule has 1 aromatic rings. The van der Waals surface area contributed by atoms with Gasteiger partial charge in [-0.2, -0.15) is 13.2 Å². The second-order valence-electron chi connectivity index (χ2n) is 6.23.